The van der Waals surface area contributed by atoms with Crippen molar-refractivity contribution in [2.45, 2.75) is 12.6 Å². The maximum Gasteiger partial charge on any atom is 0.317 e. The first-order valence-corrected chi connectivity index (χ1v) is 11.7. The molecule has 0 fully saturated rings. The second-order valence-corrected chi connectivity index (χ2v) is 8.17. The third kappa shape index (κ3) is 5.09. The molecule has 186 valence electrons. The third-order valence-electron chi connectivity index (χ3n) is 5.80. The van der Waals surface area contributed by atoms with Crippen LogP contribution in [0.4, 0.5) is 11.7 Å². The summed E-state index contributed by atoms with van der Waals surface area (Å²) in [4.78, 5) is 22.3. The van der Waals surface area contributed by atoms with Crippen molar-refractivity contribution in [1.82, 2.24) is 15.2 Å². The number of pyridine rings is 1. The van der Waals surface area contributed by atoms with E-state index in [-0.39, 0.29) is 17.8 Å². The number of benzene rings is 2. The van der Waals surface area contributed by atoms with E-state index < -0.39 is 6.17 Å². The number of rotatable bonds is 8. The van der Waals surface area contributed by atoms with Crippen LogP contribution >= 0.6 is 0 Å². The van der Waals surface area contributed by atoms with Gasteiger partial charge in [0, 0.05) is 30.6 Å². The Morgan fingerprint density at radius 2 is 1.92 bits per heavy atom. The number of fused-ring (bicyclic) bond motifs is 1. The Morgan fingerprint density at radius 1 is 1.11 bits per heavy atom. The predicted molar refractivity (Wildman–Crippen MR) is 140 cm³/mol. The van der Waals surface area contributed by atoms with E-state index >= 15 is 0 Å². The fourth-order valence-corrected chi connectivity index (χ4v) is 4.03. The van der Waals surface area contributed by atoms with Gasteiger partial charge >= 0.3 is 6.01 Å². The van der Waals surface area contributed by atoms with Gasteiger partial charge in [-0.1, -0.05) is 59.7 Å². The van der Waals surface area contributed by atoms with Gasteiger partial charge in [-0.05, 0) is 24.1 Å². The zero-order chi connectivity index (χ0) is 25.6. The molecular formula is C27H25N7O3. The van der Waals surface area contributed by atoms with Gasteiger partial charge in [-0.2, -0.15) is 0 Å². The van der Waals surface area contributed by atoms with Gasteiger partial charge in [0.2, 0.25) is 6.17 Å². The largest absolute Gasteiger partial charge is 0.404 e. The second-order valence-electron chi connectivity index (χ2n) is 8.17. The van der Waals surface area contributed by atoms with Crippen LogP contribution in [-0.2, 0) is 16.0 Å². The summed E-state index contributed by atoms with van der Waals surface area (Å²) in [5.74, 6) is -0.203. The van der Waals surface area contributed by atoms with E-state index in [1.807, 2.05) is 66.7 Å². The van der Waals surface area contributed by atoms with E-state index in [0.717, 1.165) is 16.7 Å². The molecule has 10 heteroatoms. The van der Waals surface area contributed by atoms with Crippen molar-refractivity contribution in [3.63, 3.8) is 0 Å². The molecule has 3 heterocycles. The molecular weight excluding hydrogens is 470 g/mol. The minimum Gasteiger partial charge on any atom is -0.404 e. The van der Waals surface area contributed by atoms with Crippen molar-refractivity contribution in [1.29, 1.82) is 0 Å². The number of carbonyl (C=O) groups is 1. The Morgan fingerprint density at radius 3 is 2.73 bits per heavy atom. The maximum absolute atomic E-state index is 13.1. The Labute approximate surface area is 213 Å². The van der Waals surface area contributed by atoms with Gasteiger partial charge in [-0.3, -0.25) is 9.78 Å². The van der Waals surface area contributed by atoms with Gasteiger partial charge < -0.3 is 25.5 Å². The molecule has 5 rings (SSSR count). The Bertz CT molecular complexity index is 1460. The van der Waals surface area contributed by atoms with Crippen molar-refractivity contribution >= 4 is 28.9 Å². The molecule has 4 N–H and O–H groups in total. The zero-order valence-corrected chi connectivity index (χ0v) is 20.1. The van der Waals surface area contributed by atoms with Crippen LogP contribution in [0.5, 0.6) is 0 Å². The lowest BCUT2D eigenvalue weighted by Gasteiger charge is -2.11. The van der Waals surface area contributed by atoms with Crippen LogP contribution < -0.4 is 16.4 Å². The average Bonchev–Trinajstić information content (AvgIpc) is 3.34. The monoisotopic (exact) mass is 495 g/mol. The first kappa shape index (κ1) is 23.9. The van der Waals surface area contributed by atoms with E-state index in [9.17, 15) is 4.79 Å². The summed E-state index contributed by atoms with van der Waals surface area (Å²) in [6.07, 6.45) is 2.65. The smallest absolute Gasteiger partial charge is 0.317 e. The summed E-state index contributed by atoms with van der Waals surface area (Å²) in [6.45, 7) is 0.522. The van der Waals surface area contributed by atoms with E-state index in [4.69, 9.17) is 19.9 Å². The van der Waals surface area contributed by atoms with E-state index in [2.05, 4.69) is 25.8 Å². The van der Waals surface area contributed by atoms with Crippen LogP contribution in [0.25, 0.3) is 5.57 Å². The highest BCUT2D eigenvalue weighted by Gasteiger charge is 2.27. The standard InChI is InChI=1S/C27H25N7O3/c1-36-15-13-18-10-7-14-29-22(18)20(16-28)26-33-34-27(37-26)32-24-25(35)30-21-12-6-5-11-19(21)23(31-24)17-8-3-2-4-9-17/h2-12,14,16,24H,13,15,28H2,1H3,(H,30,35)(H,32,34)/t24-/m1/s1. The van der Waals surface area contributed by atoms with Crippen molar-refractivity contribution in [2.24, 2.45) is 10.7 Å². The van der Waals surface area contributed by atoms with Crippen LogP contribution in [0.3, 0.4) is 0 Å². The summed E-state index contributed by atoms with van der Waals surface area (Å²) >= 11 is 0. The number of aromatic nitrogens is 3. The highest BCUT2D eigenvalue weighted by atomic mass is 16.5. The van der Waals surface area contributed by atoms with Crippen molar-refractivity contribution in [2.75, 3.05) is 24.4 Å². The Hall–Kier alpha value is -4.83. The third-order valence-corrected chi connectivity index (χ3v) is 5.80. The summed E-state index contributed by atoms with van der Waals surface area (Å²) in [7, 11) is 1.64. The first-order chi connectivity index (χ1) is 18.2. The van der Waals surface area contributed by atoms with Gasteiger partial charge in [0.1, 0.15) is 0 Å². The number of anilines is 2. The summed E-state index contributed by atoms with van der Waals surface area (Å²) in [5, 5.41) is 14.1. The number of hydrogen-bond donors (Lipinski definition) is 3. The number of aliphatic imine (C=N–C) groups is 1. The van der Waals surface area contributed by atoms with Crippen LogP contribution in [0.2, 0.25) is 0 Å². The molecule has 1 atom stereocenters. The normalized spacial score (nSPS) is 15.4. The number of nitrogens with two attached hydrogens (primary N) is 1. The molecule has 0 aliphatic carbocycles. The molecule has 10 nitrogen and oxygen atoms in total. The van der Waals surface area contributed by atoms with Crippen molar-refractivity contribution in [3.05, 3.63) is 107 Å². The fourth-order valence-electron chi connectivity index (χ4n) is 4.03. The number of para-hydroxylation sites is 1. The molecule has 0 saturated heterocycles. The first-order valence-electron chi connectivity index (χ1n) is 11.7. The summed E-state index contributed by atoms with van der Waals surface area (Å²) in [5.41, 5.74) is 10.9. The van der Waals surface area contributed by atoms with Crippen LogP contribution in [-0.4, -0.2) is 46.7 Å². The molecule has 2 aromatic heterocycles. The van der Waals surface area contributed by atoms with Crippen LogP contribution in [0, 0.1) is 0 Å². The number of carbonyl (C=O) groups excluding carboxylic acids is 1. The van der Waals surface area contributed by atoms with Gasteiger partial charge in [0.05, 0.1) is 29.3 Å². The maximum atomic E-state index is 13.1. The topological polar surface area (TPSA) is 141 Å². The molecule has 0 radical (unpaired) electrons. The van der Waals surface area contributed by atoms with Gasteiger partial charge in [0.15, 0.2) is 0 Å². The Kier molecular flexibility index (Phi) is 7.00. The number of methoxy groups -OCH3 is 1. The van der Waals surface area contributed by atoms with Gasteiger partial charge in [-0.15, -0.1) is 5.10 Å². The van der Waals surface area contributed by atoms with Gasteiger partial charge in [0.25, 0.3) is 11.8 Å². The molecule has 0 bridgehead atoms. The van der Waals surface area contributed by atoms with E-state index in [1.165, 1.54) is 6.20 Å². The molecule has 4 aromatic rings. The predicted octanol–water partition coefficient (Wildman–Crippen LogP) is 3.23. The molecule has 37 heavy (non-hydrogen) atoms. The van der Waals surface area contributed by atoms with E-state index in [0.29, 0.717) is 35.7 Å². The SMILES string of the molecule is COCCc1cccnc1C(=CN)c1nnc(N[C@H]2N=C(c3ccccc3)c3ccccc3NC2=O)o1. The van der Waals surface area contributed by atoms with Crippen molar-refractivity contribution < 1.29 is 13.9 Å². The lowest BCUT2D eigenvalue weighted by atomic mass is 10.0. The Balaban J connectivity index is 1.45. The molecule has 1 aliphatic heterocycles. The number of ether oxygens (including phenoxy) is 1. The summed E-state index contributed by atoms with van der Waals surface area (Å²) < 4.78 is 11.1. The molecule has 1 amide bonds. The number of hydrogen-bond acceptors (Lipinski definition) is 9. The van der Waals surface area contributed by atoms with Crippen molar-refractivity contribution in [3.8, 4) is 0 Å². The molecule has 0 saturated carbocycles. The number of benzodiazepines with no additional fused rings is 1. The number of nitrogens with zero attached hydrogens (tertiary/aromatic N) is 4. The fraction of sp³-hybridized carbons (Fsp3) is 0.148. The molecule has 0 spiro atoms. The second kappa shape index (κ2) is 10.8. The van der Waals surface area contributed by atoms with Crippen LogP contribution in [0.15, 0.2) is 88.5 Å². The highest BCUT2D eigenvalue weighted by Crippen LogP contribution is 2.27. The lowest BCUT2D eigenvalue weighted by molar-refractivity contribution is -0.116. The lowest BCUT2D eigenvalue weighted by Crippen LogP contribution is -2.32. The molecule has 2 aromatic carbocycles. The molecule has 1 aliphatic rings. The summed E-state index contributed by atoms with van der Waals surface area (Å²) in [6, 6.07) is 21.0. The minimum absolute atomic E-state index is 0.0194. The highest BCUT2D eigenvalue weighted by molar-refractivity contribution is 6.19. The average molecular weight is 496 g/mol. The number of amides is 1. The van der Waals surface area contributed by atoms with E-state index in [1.54, 1.807) is 13.3 Å². The quantitative estimate of drug-likeness (QED) is 0.338. The number of nitrogens with one attached hydrogen (secondary N) is 2. The van der Waals surface area contributed by atoms with Gasteiger partial charge in [-0.25, -0.2) is 4.99 Å². The van der Waals surface area contributed by atoms with Crippen LogP contribution in [0.1, 0.15) is 28.3 Å². The minimum atomic E-state index is -1.02. The molecule has 0 unspecified atom stereocenters. The zero-order valence-electron chi connectivity index (χ0n) is 20.1.